The van der Waals surface area contributed by atoms with Crippen LogP contribution < -0.4 is 8.92 Å². The summed E-state index contributed by atoms with van der Waals surface area (Å²) in [5.74, 6) is 0.837. The van der Waals surface area contributed by atoms with Crippen molar-refractivity contribution in [3.8, 4) is 11.5 Å². The molecule has 0 bridgehead atoms. The SMILES string of the molecule is CCOC(=O)C(C)(C)Oc1c(C)cc(CN(Cc2ccco2)C(=O)Cc2ccc(OS(C)(=O)=O)cc2)cc1C. The zero-order chi connectivity index (χ0) is 28.8. The first-order chi connectivity index (χ1) is 18.3. The molecule has 1 aromatic heterocycles. The molecule has 3 aromatic rings. The molecule has 0 fully saturated rings. The molecule has 0 saturated heterocycles. The molecule has 1 amide bonds. The fourth-order valence-corrected chi connectivity index (χ4v) is 4.52. The van der Waals surface area contributed by atoms with Crippen molar-refractivity contribution in [1.29, 1.82) is 0 Å². The first kappa shape index (κ1) is 29.8. The van der Waals surface area contributed by atoms with Gasteiger partial charge in [0.25, 0.3) is 0 Å². The number of amides is 1. The molecule has 9 nitrogen and oxygen atoms in total. The van der Waals surface area contributed by atoms with Gasteiger partial charge in [0, 0.05) is 6.54 Å². The van der Waals surface area contributed by atoms with Gasteiger partial charge in [-0.2, -0.15) is 8.42 Å². The molecule has 0 aliphatic heterocycles. The predicted octanol–water partition coefficient (Wildman–Crippen LogP) is 4.73. The second-order valence-electron chi connectivity index (χ2n) is 9.83. The van der Waals surface area contributed by atoms with E-state index in [-0.39, 0.29) is 31.2 Å². The summed E-state index contributed by atoms with van der Waals surface area (Å²) in [6, 6.07) is 13.8. The van der Waals surface area contributed by atoms with Crippen molar-refractivity contribution < 1.29 is 36.1 Å². The summed E-state index contributed by atoms with van der Waals surface area (Å²) in [5.41, 5.74) is 2.10. The predicted molar refractivity (Wildman–Crippen MR) is 146 cm³/mol. The van der Waals surface area contributed by atoms with Crippen LogP contribution in [0.1, 0.15) is 48.8 Å². The molecule has 210 valence electrons. The second kappa shape index (κ2) is 12.4. The van der Waals surface area contributed by atoms with Gasteiger partial charge in [0.2, 0.25) is 5.91 Å². The second-order valence-corrected chi connectivity index (χ2v) is 11.4. The van der Waals surface area contributed by atoms with Gasteiger partial charge in [-0.1, -0.05) is 24.3 Å². The third-order valence-corrected chi connectivity index (χ3v) is 6.32. The van der Waals surface area contributed by atoms with Crippen LogP contribution in [0.2, 0.25) is 0 Å². The highest BCUT2D eigenvalue weighted by atomic mass is 32.2. The average Bonchev–Trinajstić information content (AvgIpc) is 3.35. The molecule has 0 spiro atoms. The van der Waals surface area contributed by atoms with Crippen LogP contribution in [-0.2, 0) is 44.0 Å². The van der Waals surface area contributed by atoms with Gasteiger partial charge in [0.1, 0.15) is 17.3 Å². The standard InChI is InChI=1S/C29H35NO8S/c1-7-35-28(32)29(4,5)37-27-20(2)15-23(16-21(27)3)18-30(19-25-9-8-14-36-25)26(31)17-22-10-12-24(13-11-22)38-39(6,33)34/h8-16H,7,17-19H2,1-6H3. The van der Waals surface area contributed by atoms with Crippen molar-refractivity contribution in [2.45, 2.75) is 59.7 Å². The van der Waals surface area contributed by atoms with Crippen LogP contribution in [0.15, 0.2) is 59.2 Å². The highest BCUT2D eigenvalue weighted by molar-refractivity contribution is 7.86. The largest absolute Gasteiger partial charge is 0.476 e. The number of hydrogen-bond acceptors (Lipinski definition) is 8. The number of furan rings is 1. The number of nitrogens with zero attached hydrogens (tertiary/aromatic N) is 1. The van der Waals surface area contributed by atoms with E-state index in [4.69, 9.17) is 18.1 Å². The maximum Gasteiger partial charge on any atom is 0.349 e. The number of hydrogen-bond donors (Lipinski definition) is 0. The minimum atomic E-state index is -3.64. The molecule has 1 heterocycles. The summed E-state index contributed by atoms with van der Waals surface area (Å²) in [7, 11) is -3.64. The lowest BCUT2D eigenvalue weighted by molar-refractivity contribution is -0.158. The molecule has 10 heteroatoms. The monoisotopic (exact) mass is 557 g/mol. The molecule has 0 N–H and O–H groups in total. The Morgan fingerprint density at radius 2 is 1.62 bits per heavy atom. The Morgan fingerprint density at radius 1 is 0.974 bits per heavy atom. The molecule has 39 heavy (non-hydrogen) atoms. The fraction of sp³-hybridized carbons (Fsp3) is 0.379. The number of rotatable bonds is 12. The van der Waals surface area contributed by atoms with Crippen molar-refractivity contribution in [3.63, 3.8) is 0 Å². The summed E-state index contributed by atoms with van der Waals surface area (Å²) >= 11 is 0. The number of carbonyl (C=O) groups excluding carboxylic acids is 2. The van der Waals surface area contributed by atoms with E-state index >= 15 is 0 Å². The number of esters is 1. The van der Waals surface area contributed by atoms with Gasteiger partial charge in [-0.25, -0.2) is 4.79 Å². The van der Waals surface area contributed by atoms with Gasteiger partial charge < -0.3 is 23.0 Å². The van der Waals surface area contributed by atoms with Crippen LogP contribution in [0.4, 0.5) is 0 Å². The number of carbonyl (C=O) groups is 2. The molecule has 0 radical (unpaired) electrons. The number of ether oxygens (including phenoxy) is 2. The number of benzene rings is 2. The third kappa shape index (κ3) is 8.61. The maximum atomic E-state index is 13.4. The quantitative estimate of drug-likeness (QED) is 0.232. The molecule has 0 saturated carbocycles. The van der Waals surface area contributed by atoms with Crippen LogP contribution in [0.3, 0.4) is 0 Å². The molecule has 0 unspecified atom stereocenters. The highest BCUT2D eigenvalue weighted by Gasteiger charge is 2.32. The lowest BCUT2D eigenvalue weighted by atomic mass is 10.0. The summed E-state index contributed by atoms with van der Waals surface area (Å²) in [6.45, 7) is 9.73. The normalized spacial score (nSPS) is 11.6. The minimum absolute atomic E-state index is 0.104. The van der Waals surface area contributed by atoms with Crippen molar-refractivity contribution >= 4 is 22.0 Å². The van der Waals surface area contributed by atoms with Gasteiger partial charge >= 0.3 is 16.1 Å². The lowest BCUT2D eigenvalue weighted by Gasteiger charge is -2.27. The van der Waals surface area contributed by atoms with E-state index < -0.39 is 21.7 Å². The molecule has 0 aliphatic rings. The van der Waals surface area contributed by atoms with E-state index in [1.54, 1.807) is 50.1 Å². The zero-order valence-electron chi connectivity index (χ0n) is 23.1. The van der Waals surface area contributed by atoms with E-state index in [1.807, 2.05) is 32.0 Å². The highest BCUT2D eigenvalue weighted by Crippen LogP contribution is 2.30. The molecule has 3 rings (SSSR count). The Balaban J connectivity index is 1.80. The first-order valence-electron chi connectivity index (χ1n) is 12.5. The van der Waals surface area contributed by atoms with E-state index in [2.05, 4.69) is 0 Å². The zero-order valence-corrected chi connectivity index (χ0v) is 24.0. The average molecular weight is 558 g/mol. The van der Waals surface area contributed by atoms with Crippen LogP contribution in [-0.4, -0.2) is 43.7 Å². The van der Waals surface area contributed by atoms with Crippen molar-refractivity contribution in [1.82, 2.24) is 4.90 Å². The first-order valence-corrected chi connectivity index (χ1v) is 14.3. The topological polar surface area (TPSA) is 112 Å². The Bertz CT molecular complexity index is 1370. The van der Waals surface area contributed by atoms with Gasteiger partial charge in [0.15, 0.2) is 5.60 Å². The Kier molecular flexibility index (Phi) is 9.45. The summed E-state index contributed by atoms with van der Waals surface area (Å²) in [6.07, 6.45) is 2.64. The van der Waals surface area contributed by atoms with E-state index in [0.29, 0.717) is 23.6 Å². The third-order valence-electron chi connectivity index (χ3n) is 5.82. The summed E-state index contributed by atoms with van der Waals surface area (Å²) in [5, 5.41) is 0. The molecule has 2 aromatic carbocycles. The fourth-order valence-electron chi connectivity index (χ4n) is 4.06. The molecular weight excluding hydrogens is 522 g/mol. The minimum Gasteiger partial charge on any atom is -0.476 e. The van der Waals surface area contributed by atoms with Crippen LogP contribution in [0.5, 0.6) is 11.5 Å². The Labute approximate surface area is 229 Å². The van der Waals surface area contributed by atoms with Crippen LogP contribution in [0, 0.1) is 13.8 Å². The van der Waals surface area contributed by atoms with E-state index in [9.17, 15) is 18.0 Å². The van der Waals surface area contributed by atoms with Gasteiger partial charge in [0.05, 0.1) is 32.1 Å². The molecule has 0 atom stereocenters. The summed E-state index contributed by atoms with van der Waals surface area (Å²) in [4.78, 5) is 27.4. The van der Waals surface area contributed by atoms with Gasteiger partial charge in [-0.05, 0) is 81.1 Å². The van der Waals surface area contributed by atoms with Gasteiger partial charge in [-0.3, -0.25) is 4.79 Å². The van der Waals surface area contributed by atoms with Crippen LogP contribution >= 0.6 is 0 Å². The van der Waals surface area contributed by atoms with Crippen molar-refractivity contribution in [2.75, 3.05) is 12.9 Å². The Morgan fingerprint density at radius 3 is 2.15 bits per heavy atom. The van der Waals surface area contributed by atoms with E-state index in [1.165, 1.54) is 12.1 Å². The van der Waals surface area contributed by atoms with Crippen molar-refractivity contribution in [2.24, 2.45) is 0 Å². The maximum absolute atomic E-state index is 13.4. The molecular formula is C29H35NO8S. The smallest absolute Gasteiger partial charge is 0.349 e. The summed E-state index contributed by atoms with van der Waals surface area (Å²) < 4.78 is 44.3. The van der Waals surface area contributed by atoms with Crippen molar-refractivity contribution in [3.05, 3.63) is 82.8 Å². The van der Waals surface area contributed by atoms with Gasteiger partial charge in [-0.15, -0.1) is 0 Å². The molecule has 0 aliphatic carbocycles. The number of aryl methyl sites for hydroxylation is 2. The van der Waals surface area contributed by atoms with E-state index in [0.717, 1.165) is 22.9 Å². The Hall–Kier alpha value is -3.79. The lowest BCUT2D eigenvalue weighted by Crippen LogP contribution is -2.40. The van der Waals surface area contributed by atoms with Crippen LogP contribution in [0.25, 0.3) is 0 Å².